The summed E-state index contributed by atoms with van der Waals surface area (Å²) in [5.41, 5.74) is 0.429. The Morgan fingerprint density at radius 1 is 0.895 bits per heavy atom. The number of carbonyl (C=O) groups excluding carboxylic acids is 2. The monoisotopic (exact) mass is 578 g/mol. The van der Waals surface area contributed by atoms with Gasteiger partial charge < -0.3 is 20.0 Å². The molecule has 0 atom stereocenters. The summed E-state index contributed by atoms with van der Waals surface area (Å²) in [7, 11) is 1.22. The first-order valence-electron chi connectivity index (χ1n) is 11.5. The van der Waals surface area contributed by atoms with Crippen LogP contribution in [0.15, 0.2) is 77.7 Å². The number of likely N-dealkylation sites (N-methyl/N-ethyl adjacent to an activating group) is 2. The fraction of sp³-hybridized carbons (Fsp3) is 0.231. The number of hydrogen-bond acceptors (Lipinski definition) is 6. The van der Waals surface area contributed by atoms with Crippen molar-refractivity contribution < 1.29 is 22.8 Å². The second-order valence-electron chi connectivity index (χ2n) is 8.56. The second-order valence-corrected chi connectivity index (χ2v) is 11.2. The van der Waals surface area contributed by atoms with Gasteiger partial charge in [0.1, 0.15) is 0 Å². The lowest BCUT2D eigenvalue weighted by Crippen LogP contribution is -2.40. The molecule has 0 aliphatic carbocycles. The van der Waals surface area contributed by atoms with Gasteiger partial charge in [-0.1, -0.05) is 45.9 Å². The van der Waals surface area contributed by atoms with Gasteiger partial charge >= 0.3 is 0 Å². The number of benzene rings is 3. The molecule has 0 fully saturated rings. The quantitative estimate of drug-likeness (QED) is 0.346. The molecule has 0 aliphatic rings. The largest absolute Gasteiger partial charge is 0.363 e. The van der Waals surface area contributed by atoms with Crippen LogP contribution in [0.2, 0.25) is 10.0 Å². The van der Waals surface area contributed by atoms with Crippen molar-refractivity contribution >= 4 is 50.7 Å². The molecule has 0 heterocycles. The zero-order valence-electron chi connectivity index (χ0n) is 21.1. The molecule has 0 spiro atoms. The summed E-state index contributed by atoms with van der Waals surface area (Å²) in [6, 6.07) is 17.9. The SMILES string of the molecule is CN(C)CCN(C)C(=O)CNC(=O)c1ccc(S(=O)(=O)N(Oc2ccc(Cl)cc2Cl)c2ccccc2)cc1. The topological polar surface area (TPSA) is 99.3 Å². The van der Waals surface area contributed by atoms with Gasteiger partial charge in [-0.2, -0.15) is 8.42 Å². The summed E-state index contributed by atoms with van der Waals surface area (Å²) < 4.78 is 27.9. The Bertz CT molecular complexity index is 1370. The summed E-state index contributed by atoms with van der Waals surface area (Å²) in [4.78, 5) is 33.9. The maximum atomic E-state index is 13.6. The van der Waals surface area contributed by atoms with Crippen LogP contribution in [-0.2, 0) is 14.8 Å². The van der Waals surface area contributed by atoms with Crippen molar-refractivity contribution in [2.24, 2.45) is 0 Å². The summed E-state index contributed by atoms with van der Waals surface area (Å²) in [5.74, 6) is -0.664. The number of nitrogens with zero attached hydrogens (tertiary/aromatic N) is 3. The minimum absolute atomic E-state index is 0.0831. The average Bonchev–Trinajstić information content (AvgIpc) is 2.90. The second kappa shape index (κ2) is 13.0. The van der Waals surface area contributed by atoms with E-state index in [2.05, 4.69) is 5.32 Å². The van der Waals surface area contributed by atoms with Crippen LogP contribution in [0.25, 0.3) is 0 Å². The molecular weight excluding hydrogens is 551 g/mol. The Hall–Kier alpha value is -3.31. The van der Waals surface area contributed by atoms with Gasteiger partial charge in [-0.15, -0.1) is 0 Å². The zero-order chi connectivity index (χ0) is 27.9. The molecule has 0 saturated carbocycles. The van der Waals surface area contributed by atoms with Crippen LogP contribution in [0.5, 0.6) is 5.75 Å². The van der Waals surface area contributed by atoms with Gasteiger partial charge in [0.2, 0.25) is 5.91 Å². The molecule has 3 aromatic rings. The van der Waals surface area contributed by atoms with Crippen molar-refractivity contribution in [2.45, 2.75) is 4.90 Å². The highest BCUT2D eigenvalue weighted by Gasteiger charge is 2.28. The smallest absolute Gasteiger partial charge is 0.295 e. The number of nitrogens with one attached hydrogen (secondary N) is 1. The van der Waals surface area contributed by atoms with Crippen molar-refractivity contribution in [1.29, 1.82) is 0 Å². The highest BCUT2D eigenvalue weighted by Crippen LogP contribution is 2.32. The van der Waals surface area contributed by atoms with E-state index in [4.69, 9.17) is 28.0 Å². The Morgan fingerprint density at radius 3 is 2.16 bits per heavy atom. The maximum absolute atomic E-state index is 13.6. The number of hydrogen-bond donors (Lipinski definition) is 1. The Morgan fingerprint density at radius 2 is 1.55 bits per heavy atom. The van der Waals surface area contributed by atoms with Crippen molar-refractivity contribution in [3.8, 4) is 5.75 Å². The molecule has 0 aliphatic heterocycles. The number of anilines is 1. The molecule has 202 valence electrons. The summed E-state index contributed by atoms with van der Waals surface area (Å²) in [6.07, 6.45) is 0. The van der Waals surface area contributed by atoms with Gasteiger partial charge in [-0.05, 0) is 68.7 Å². The van der Waals surface area contributed by atoms with Crippen molar-refractivity contribution in [3.05, 3.63) is 88.4 Å². The lowest BCUT2D eigenvalue weighted by molar-refractivity contribution is -0.128. The van der Waals surface area contributed by atoms with Gasteiger partial charge in [0.25, 0.3) is 15.9 Å². The van der Waals surface area contributed by atoms with Crippen molar-refractivity contribution in [2.75, 3.05) is 45.2 Å². The molecule has 12 heteroatoms. The number of sulfonamides is 1. The lowest BCUT2D eigenvalue weighted by Gasteiger charge is -2.24. The maximum Gasteiger partial charge on any atom is 0.295 e. The molecule has 0 bridgehead atoms. The molecular formula is C26H28Cl2N4O5S. The third kappa shape index (κ3) is 7.61. The standard InChI is InChI=1S/C26H28Cl2N4O5S/c1-30(2)15-16-31(3)25(33)18-29-26(34)19-9-12-22(13-10-19)38(35,36)32(21-7-5-4-6-8-21)37-24-14-11-20(27)17-23(24)28/h4-14,17H,15-16,18H2,1-3H3,(H,29,34). The van der Waals surface area contributed by atoms with Crippen LogP contribution < -0.4 is 14.6 Å². The minimum Gasteiger partial charge on any atom is -0.363 e. The minimum atomic E-state index is -4.25. The van der Waals surface area contributed by atoms with E-state index in [1.807, 2.05) is 19.0 Å². The van der Waals surface area contributed by atoms with E-state index in [1.165, 1.54) is 47.4 Å². The Kier molecular flexibility index (Phi) is 9.98. The van der Waals surface area contributed by atoms with Crippen LogP contribution >= 0.6 is 23.2 Å². The number of halogens is 2. The molecule has 0 unspecified atom stereocenters. The van der Waals surface area contributed by atoms with E-state index < -0.39 is 15.9 Å². The third-order valence-corrected chi connectivity index (χ3v) is 7.50. The molecule has 0 radical (unpaired) electrons. The van der Waals surface area contributed by atoms with Crippen LogP contribution in [0, 0.1) is 0 Å². The van der Waals surface area contributed by atoms with E-state index in [0.717, 1.165) is 4.47 Å². The fourth-order valence-electron chi connectivity index (χ4n) is 3.17. The first kappa shape index (κ1) is 29.2. The van der Waals surface area contributed by atoms with Crippen LogP contribution in [0.4, 0.5) is 5.69 Å². The predicted molar refractivity (Wildman–Crippen MR) is 148 cm³/mol. The molecule has 0 saturated heterocycles. The summed E-state index contributed by atoms with van der Waals surface area (Å²) >= 11 is 12.2. The fourth-order valence-corrected chi connectivity index (χ4v) is 4.86. The first-order chi connectivity index (χ1) is 18.0. The number of amides is 2. The van der Waals surface area contributed by atoms with Gasteiger partial charge in [0, 0.05) is 30.7 Å². The normalized spacial score (nSPS) is 11.2. The lowest BCUT2D eigenvalue weighted by atomic mass is 10.2. The van der Waals surface area contributed by atoms with Gasteiger partial charge in [0.05, 0.1) is 22.2 Å². The van der Waals surface area contributed by atoms with Crippen LogP contribution in [0.1, 0.15) is 10.4 Å². The Balaban J connectivity index is 1.77. The zero-order valence-corrected chi connectivity index (χ0v) is 23.4. The molecule has 0 aromatic heterocycles. The third-order valence-electron chi connectivity index (χ3n) is 5.38. The number of para-hydroxylation sites is 1. The van der Waals surface area contributed by atoms with Gasteiger partial charge in [0.15, 0.2) is 5.75 Å². The summed E-state index contributed by atoms with van der Waals surface area (Å²) in [5, 5.41) is 3.06. The molecule has 3 aromatic carbocycles. The van der Waals surface area contributed by atoms with Gasteiger partial charge in [-0.25, -0.2) is 0 Å². The first-order valence-corrected chi connectivity index (χ1v) is 13.7. The molecule has 38 heavy (non-hydrogen) atoms. The van der Waals surface area contributed by atoms with Crippen molar-refractivity contribution in [1.82, 2.24) is 15.1 Å². The molecule has 1 N–H and O–H groups in total. The highest BCUT2D eigenvalue weighted by molar-refractivity contribution is 7.92. The van der Waals surface area contributed by atoms with Crippen LogP contribution in [0.3, 0.4) is 0 Å². The van der Waals surface area contributed by atoms with Crippen LogP contribution in [-0.4, -0.2) is 70.8 Å². The van der Waals surface area contributed by atoms with E-state index in [-0.39, 0.29) is 39.4 Å². The van der Waals surface area contributed by atoms with Crippen molar-refractivity contribution in [3.63, 3.8) is 0 Å². The average molecular weight is 580 g/mol. The van der Waals surface area contributed by atoms with E-state index >= 15 is 0 Å². The van der Waals surface area contributed by atoms with E-state index in [1.54, 1.807) is 37.4 Å². The Labute approximate surface area is 232 Å². The number of rotatable bonds is 11. The highest BCUT2D eigenvalue weighted by atomic mass is 35.5. The molecule has 2 amide bonds. The number of carbonyl (C=O) groups is 2. The predicted octanol–water partition coefficient (Wildman–Crippen LogP) is 3.93. The van der Waals surface area contributed by atoms with Gasteiger partial charge in [-0.3, -0.25) is 9.59 Å². The summed E-state index contributed by atoms with van der Waals surface area (Å²) in [6.45, 7) is 1.04. The van der Waals surface area contributed by atoms with E-state index in [0.29, 0.717) is 18.1 Å². The molecule has 9 nitrogen and oxygen atoms in total. The van der Waals surface area contributed by atoms with E-state index in [9.17, 15) is 18.0 Å². The molecule has 3 rings (SSSR count).